The smallest absolute Gasteiger partial charge is 0.0258 e. The first-order valence-electron chi connectivity index (χ1n) is 5.45. The third-order valence-electron chi connectivity index (χ3n) is 2.70. The van der Waals surface area contributed by atoms with E-state index in [4.69, 9.17) is 11.6 Å². The maximum Gasteiger partial charge on any atom is 0.0258 e. The Bertz CT molecular complexity index is 358. The van der Waals surface area contributed by atoms with E-state index in [9.17, 15) is 0 Å². The van der Waals surface area contributed by atoms with Gasteiger partial charge in [0.1, 0.15) is 0 Å². The number of hydrogen-bond donors (Lipinski definition) is 1. The summed E-state index contributed by atoms with van der Waals surface area (Å²) in [7, 11) is 0. The van der Waals surface area contributed by atoms with Crippen LogP contribution in [0.4, 0.5) is 0 Å². The lowest BCUT2D eigenvalue weighted by atomic mass is 9.98. The molecule has 0 saturated carbocycles. The van der Waals surface area contributed by atoms with E-state index in [1.165, 1.54) is 16.7 Å². The summed E-state index contributed by atoms with van der Waals surface area (Å²) in [4.78, 5) is 0. The number of fused-ring (bicyclic) bond motifs is 1. The van der Waals surface area contributed by atoms with Crippen LogP contribution in [0.2, 0.25) is 0 Å². The average Bonchev–Trinajstić information content (AvgIpc) is 2.29. The summed E-state index contributed by atoms with van der Waals surface area (Å²) < 4.78 is 0. The molecule has 1 nitrogen and oxygen atoms in total. The molecule has 0 fully saturated rings. The van der Waals surface area contributed by atoms with Crippen molar-refractivity contribution in [3.63, 3.8) is 0 Å². The second kappa shape index (κ2) is 5.34. The predicted octanol–water partition coefficient (Wildman–Crippen LogP) is 2.97. The van der Waals surface area contributed by atoms with Gasteiger partial charge in [-0.3, -0.25) is 0 Å². The lowest BCUT2D eigenvalue weighted by molar-refractivity contribution is 0.643. The van der Waals surface area contributed by atoms with E-state index in [-0.39, 0.29) is 0 Å². The van der Waals surface area contributed by atoms with Crippen LogP contribution in [0.1, 0.15) is 23.1 Å². The van der Waals surface area contributed by atoms with Gasteiger partial charge in [0.25, 0.3) is 0 Å². The predicted molar refractivity (Wildman–Crippen MR) is 66.2 cm³/mol. The first-order valence-corrected chi connectivity index (χ1v) is 5.98. The van der Waals surface area contributed by atoms with E-state index < -0.39 is 0 Å². The summed E-state index contributed by atoms with van der Waals surface area (Å²) in [5.74, 6) is 0.700. The van der Waals surface area contributed by atoms with E-state index in [0.717, 1.165) is 25.9 Å². The molecule has 1 aromatic carbocycles. The molecule has 0 unspecified atom stereocenters. The van der Waals surface area contributed by atoms with E-state index in [2.05, 4.69) is 35.7 Å². The van der Waals surface area contributed by atoms with E-state index in [0.29, 0.717) is 5.88 Å². The molecule has 1 aliphatic heterocycles. The zero-order valence-electron chi connectivity index (χ0n) is 8.80. The monoisotopic (exact) mass is 221 g/mol. The van der Waals surface area contributed by atoms with E-state index in [1.807, 2.05) is 0 Å². The maximum atomic E-state index is 5.62. The molecule has 80 valence electrons. The molecular formula is C13H16ClN. The van der Waals surface area contributed by atoms with Gasteiger partial charge in [-0.25, -0.2) is 0 Å². The number of alkyl halides is 1. The van der Waals surface area contributed by atoms with Gasteiger partial charge in [-0.2, -0.15) is 0 Å². The summed E-state index contributed by atoms with van der Waals surface area (Å²) in [6, 6.07) is 6.69. The minimum absolute atomic E-state index is 0.700. The second-order valence-corrected chi connectivity index (χ2v) is 4.21. The Labute approximate surface area is 96.1 Å². The number of halogens is 1. The van der Waals surface area contributed by atoms with Gasteiger partial charge in [0.2, 0.25) is 0 Å². The van der Waals surface area contributed by atoms with Gasteiger partial charge in [-0.1, -0.05) is 30.4 Å². The zero-order chi connectivity index (χ0) is 10.5. The van der Waals surface area contributed by atoms with Crippen molar-refractivity contribution in [1.29, 1.82) is 0 Å². The Balaban J connectivity index is 2.13. The molecule has 0 atom stereocenters. The summed E-state index contributed by atoms with van der Waals surface area (Å²) in [5.41, 5.74) is 4.22. The highest BCUT2D eigenvalue weighted by atomic mass is 35.5. The zero-order valence-corrected chi connectivity index (χ0v) is 9.56. The molecule has 1 aromatic rings. The minimum atomic E-state index is 0.700. The van der Waals surface area contributed by atoms with Crippen LogP contribution in [0.25, 0.3) is 6.08 Å². The standard InChI is InChI=1S/C13H16ClN/c14-7-2-1-3-11-4-5-13-10-15-8-6-12(13)9-11/h1,3-5,9,15H,2,6-8,10H2. The molecule has 0 aliphatic carbocycles. The molecule has 1 aliphatic rings. The van der Waals surface area contributed by atoms with Crippen molar-refractivity contribution in [3.8, 4) is 0 Å². The van der Waals surface area contributed by atoms with Crippen molar-refractivity contribution in [2.75, 3.05) is 12.4 Å². The van der Waals surface area contributed by atoms with Crippen LogP contribution in [0, 0.1) is 0 Å². The van der Waals surface area contributed by atoms with Gasteiger partial charge in [0.15, 0.2) is 0 Å². The highest BCUT2D eigenvalue weighted by Crippen LogP contribution is 2.16. The topological polar surface area (TPSA) is 12.0 Å². The molecule has 0 aromatic heterocycles. The average molecular weight is 222 g/mol. The molecule has 0 spiro atoms. The molecule has 1 heterocycles. The number of nitrogens with one attached hydrogen (secondary N) is 1. The highest BCUT2D eigenvalue weighted by Gasteiger charge is 2.07. The molecule has 0 radical (unpaired) electrons. The molecule has 2 rings (SSSR count). The quantitative estimate of drug-likeness (QED) is 0.774. The SMILES string of the molecule is ClCCC=Cc1ccc2c(c1)CCNC2. The molecule has 1 N–H and O–H groups in total. The fourth-order valence-electron chi connectivity index (χ4n) is 1.88. The van der Waals surface area contributed by atoms with Crippen LogP contribution >= 0.6 is 11.6 Å². The summed E-state index contributed by atoms with van der Waals surface area (Å²) in [6.07, 6.45) is 6.38. The Morgan fingerprint density at radius 3 is 3.13 bits per heavy atom. The lowest BCUT2D eigenvalue weighted by Crippen LogP contribution is -2.23. The van der Waals surface area contributed by atoms with Gasteiger partial charge < -0.3 is 5.32 Å². The van der Waals surface area contributed by atoms with Crippen LogP contribution in [0.15, 0.2) is 24.3 Å². The largest absolute Gasteiger partial charge is 0.312 e. The second-order valence-electron chi connectivity index (χ2n) is 3.83. The van der Waals surface area contributed by atoms with Crippen LogP contribution in [0.5, 0.6) is 0 Å². The van der Waals surface area contributed by atoms with Gasteiger partial charge in [0, 0.05) is 12.4 Å². The molecule has 0 amide bonds. The first-order chi connectivity index (χ1) is 7.40. The normalized spacial score (nSPS) is 15.5. The Kier molecular flexibility index (Phi) is 3.81. The van der Waals surface area contributed by atoms with Crippen LogP contribution in [-0.4, -0.2) is 12.4 Å². The number of allylic oxidation sites excluding steroid dienone is 1. The Hall–Kier alpha value is -0.790. The van der Waals surface area contributed by atoms with Gasteiger partial charge >= 0.3 is 0 Å². The summed E-state index contributed by atoms with van der Waals surface area (Å²) in [6.45, 7) is 2.11. The van der Waals surface area contributed by atoms with Gasteiger partial charge in [-0.05, 0) is 36.1 Å². The fourth-order valence-corrected chi connectivity index (χ4v) is 2.01. The molecular weight excluding hydrogens is 206 g/mol. The van der Waals surface area contributed by atoms with Gasteiger partial charge in [0.05, 0.1) is 0 Å². The van der Waals surface area contributed by atoms with E-state index in [1.54, 1.807) is 0 Å². The molecule has 2 heteroatoms. The number of hydrogen-bond acceptors (Lipinski definition) is 1. The number of rotatable bonds is 3. The van der Waals surface area contributed by atoms with Crippen molar-refractivity contribution in [1.82, 2.24) is 5.32 Å². The van der Waals surface area contributed by atoms with Crippen molar-refractivity contribution >= 4 is 17.7 Å². The van der Waals surface area contributed by atoms with Gasteiger partial charge in [-0.15, -0.1) is 11.6 Å². The third-order valence-corrected chi connectivity index (χ3v) is 2.92. The third kappa shape index (κ3) is 2.83. The van der Waals surface area contributed by atoms with Crippen LogP contribution < -0.4 is 5.32 Å². The Morgan fingerprint density at radius 2 is 2.27 bits per heavy atom. The first kappa shape index (κ1) is 10.7. The number of benzene rings is 1. The fraction of sp³-hybridized carbons (Fsp3) is 0.385. The minimum Gasteiger partial charge on any atom is -0.312 e. The van der Waals surface area contributed by atoms with E-state index >= 15 is 0 Å². The molecule has 0 bridgehead atoms. The van der Waals surface area contributed by atoms with Crippen molar-refractivity contribution in [2.45, 2.75) is 19.4 Å². The summed E-state index contributed by atoms with van der Waals surface area (Å²) >= 11 is 5.62. The Morgan fingerprint density at radius 1 is 1.33 bits per heavy atom. The maximum absolute atomic E-state index is 5.62. The summed E-state index contributed by atoms with van der Waals surface area (Å²) in [5, 5.41) is 3.38. The van der Waals surface area contributed by atoms with Crippen LogP contribution in [0.3, 0.4) is 0 Å². The highest BCUT2D eigenvalue weighted by molar-refractivity contribution is 6.17. The molecule has 15 heavy (non-hydrogen) atoms. The van der Waals surface area contributed by atoms with Crippen molar-refractivity contribution in [2.24, 2.45) is 0 Å². The lowest BCUT2D eigenvalue weighted by Gasteiger charge is -2.17. The van der Waals surface area contributed by atoms with Crippen molar-refractivity contribution < 1.29 is 0 Å². The molecule has 0 saturated heterocycles. The van der Waals surface area contributed by atoms with Crippen LogP contribution in [-0.2, 0) is 13.0 Å². The van der Waals surface area contributed by atoms with Crippen molar-refractivity contribution in [3.05, 3.63) is 41.0 Å².